The number of Topliss-reactive ketones (excluding diaryl/α,β-unsaturated/α-hetero) is 1. The molecular weight excluding hydrogens is 372 g/mol. The number of thiazole rings is 1. The molecule has 4 nitrogen and oxygen atoms in total. The molecule has 0 bridgehead atoms. The number of nitrogens with zero attached hydrogens (tertiary/aromatic N) is 1. The summed E-state index contributed by atoms with van der Waals surface area (Å²) in [6, 6.07) is 11.1. The molecule has 0 saturated heterocycles. The molecule has 27 heavy (non-hydrogen) atoms. The zero-order chi connectivity index (χ0) is 19.2. The van der Waals surface area contributed by atoms with E-state index in [9.17, 15) is 18.4 Å². The van der Waals surface area contributed by atoms with E-state index in [4.69, 9.17) is 4.74 Å². The number of ketones is 1. The summed E-state index contributed by atoms with van der Waals surface area (Å²) in [5, 5.41) is 2.17. The van der Waals surface area contributed by atoms with Gasteiger partial charge in [0.2, 0.25) is 0 Å². The average Bonchev–Trinajstić information content (AvgIpc) is 3.16. The lowest BCUT2D eigenvalue weighted by molar-refractivity contribution is 0.0488. The van der Waals surface area contributed by atoms with Crippen LogP contribution >= 0.6 is 11.3 Å². The Hall–Kier alpha value is -2.93. The number of halogens is 2. The molecule has 0 atom stereocenters. The van der Waals surface area contributed by atoms with Gasteiger partial charge in [0.15, 0.2) is 11.5 Å². The first-order valence-electron chi connectivity index (χ1n) is 8.20. The Kier molecular flexibility index (Phi) is 6.03. The van der Waals surface area contributed by atoms with E-state index >= 15 is 0 Å². The molecule has 138 valence electrons. The van der Waals surface area contributed by atoms with Crippen molar-refractivity contribution in [3.8, 4) is 10.6 Å². The van der Waals surface area contributed by atoms with Crippen LogP contribution in [0.5, 0.6) is 0 Å². The van der Waals surface area contributed by atoms with Gasteiger partial charge in [-0.3, -0.25) is 4.79 Å². The molecule has 3 rings (SSSR count). The lowest BCUT2D eigenvalue weighted by Gasteiger charge is -2.03. The van der Waals surface area contributed by atoms with Crippen molar-refractivity contribution >= 4 is 23.1 Å². The molecule has 2 aromatic carbocycles. The quantitative estimate of drug-likeness (QED) is 0.328. The highest BCUT2D eigenvalue weighted by Crippen LogP contribution is 2.24. The van der Waals surface area contributed by atoms with Gasteiger partial charge < -0.3 is 4.74 Å². The molecule has 0 aliphatic heterocycles. The highest BCUT2D eigenvalue weighted by atomic mass is 32.1. The van der Waals surface area contributed by atoms with Crippen molar-refractivity contribution in [3.05, 3.63) is 76.8 Å². The Morgan fingerprint density at radius 3 is 2.26 bits per heavy atom. The standard InChI is InChI=1S/C20H15F2NO3S/c21-15-7-3-13(4-8-15)18(24)2-1-11-26-20(25)17-12-27-19(23-17)14-5-9-16(22)10-6-14/h3-10,12H,1-2,11H2. The van der Waals surface area contributed by atoms with Gasteiger partial charge in [-0.25, -0.2) is 18.6 Å². The first-order chi connectivity index (χ1) is 13.0. The van der Waals surface area contributed by atoms with Gasteiger partial charge in [0.1, 0.15) is 16.6 Å². The van der Waals surface area contributed by atoms with Crippen molar-refractivity contribution in [2.75, 3.05) is 6.61 Å². The number of rotatable bonds is 7. The van der Waals surface area contributed by atoms with Crippen LogP contribution < -0.4 is 0 Å². The number of esters is 1. The number of hydrogen-bond donors (Lipinski definition) is 0. The summed E-state index contributed by atoms with van der Waals surface area (Å²) >= 11 is 1.26. The topological polar surface area (TPSA) is 56.3 Å². The fourth-order valence-electron chi connectivity index (χ4n) is 2.34. The molecule has 0 fully saturated rings. The highest BCUT2D eigenvalue weighted by molar-refractivity contribution is 7.13. The summed E-state index contributed by atoms with van der Waals surface area (Å²) in [5.74, 6) is -1.46. The van der Waals surface area contributed by atoms with Crippen LogP contribution in [0.15, 0.2) is 53.9 Å². The van der Waals surface area contributed by atoms with Gasteiger partial charge >= 0.3 is 5.97 Å². The van der Waals surface area contributed by atoms with Crippen LogP contribution in [0.2, 0.25) is 0 Å². The van der Waals surface area contributed by atoms with E-state index in [1.165, 1.54) is 47.7 Å². The average molecular weight is 387 g/mol. The summed E-state index contributed by atoms with van der Waals surface area (Å²) < 4.78 is 30.9. The van der Waals surface area contributed by atoms with Crippen LogP contribution in [0, 0.1) is 11.6 Å². The van der Waals surface area contributed by atoms with Crippen molar-refractivity contribution in [1.29, 1.82) is 0 Å². The predicted octanol–water partition coefficient (Wildman–Crippen LogP) is 4.91. The Morgan fingerprint density at radius 2 is 1.59 bits per heavy atom. The lowest BCUT2D eigenvalue weighted by atomic mass is 10.1. The zero-order valence-corrected chi connectivity index (χ0v) is 15.0. The van der Waals surface area contributed by atoms with Gasteiger partial charge in [0.05, 0.1) is 6.61 Å². The monoisotopic (exact) mass is 387 g/mol. The smallest absolute Gasteiger partial charge is 0.357 e. The molecule has 0 unspecified atom stereocenters. The van der Waals surface area contributed by atoms with Gasteiger partial charge in [-0.1, -0.05) is 0 Å². The molecule has 1 aromatic heterocycles. The van der Waals surface area contributed by atoms with E-state index in [1.807, 2.05) is 0 Å². The van der Waals surface area contributed by atoms with Crippen LogP contribution in [-0.4, -0.2) is 23.3 Å². The number of carbonyl (C=O) groups excluding carboxylic acids is 2. The Labute approximate surface area is 158 Å². The third-order valence-electron chi connectivity index (χ3n) is 3.75. The van der Waals surface area contributed by atoms with Gasteiger partial charge in [-0.05, 0) is 55.0 Å². The van der Waals surface area contributed by atoms with E-state index in [2.05, 4.69) is 4.98 Å². The van der Waals surface area contributed by atoms with E-state index in [-0.39, 0.29) is 30.3 Å². The summed E-state index contributed by atoms with van der Waals surface area (Å²) in [4.78, 5) is 28.2. The molecule has 7 heteroatoms. The molecule has 3 aromatic rings. The van der Waals surface area contributed by atoms with Gasteiger partial charge in [-0.15, -0.1) is 11.3 Å². The number of carbonyl (C=O) groups is 2. The lowest BCUT2D eigenvalue weighted by Crippen LogP contribution is -2.08. The van der Waals surface area contributed by atoms with Crippen molar-refractivity contribution < 1.29 is 23.1 Å². The van der Waals surface area contributed by atoms with Gasteiger partial charge in [0, 0.05) is 22.9 Å². The van der Waals surface area contributed by atoms with Crippen LogP contribution in [-0.2, 0) is 4.74 Å². The predicted molar refractivity (Wildman–Crippen MR) is 97.8 cm³/mol. The minimum atomic E-state index is -0.575. The maximum absolute atomic E-state index is 13.0. The molecule has 0 spiro atoms. The second kappa shape index (κ2) is 8.64. The highest BCUT2D eigenvalue weighted by Gasteiger charge is 2.14. The van der Waals surface area contributed by atoms with E-state index in [0.29, 0.717) is 22.6 Å². The fraction of sp³-hybridized carbons (Fsp3) is 0.150. The number of benzene rings is 2. The minimum absolute atomic E-state index is 0.0785. The molecule has 0 amide bonds. The summed E-state index contributed by atoms with van der Waals surface area (Å²) in [6.45, 7) is 0.0785. The first-order valence-corrected chi connectivity index (χ1v) is 9.08. The van der Waals surface area contributed by atoms with Crippen molar-refractivity contribution in [2.45, 2.75) is 12.8 Å². The van der Waals surface area contributed by atoms with Crippen LogP contribution in [0.25, 0.3) is 10.6 Å². The molecule has 0 aliphatic carbocycles. The summed E-state index contributed by atoms with van der Waals surface area (Å²) in [6.07, 6.45) is 0.549. The largest absolute Gasteiger partial charge is 0.461 e. The molecule has 1 heterocycles. The Morgan fingerprint density at radius 1 is 0.963 bits per heavy atom. The molecular formula is C20H15F2NO3S. The third kappa shape index (κ3) is 5.04. The number of ether oxygens (including phenoxy) is 1. The van der Waals surface area contributed by atoms with Crippen molar-refractivity contribution in [2.24, 2.45) is 0 Å². The SMILES string of the molecule is O=C(CCCOC(=O)c1csc(-c2ccc(F)cc2)n1)c1ccc(F)cc1. The normalized spacial score (nSPS) is 10.6. The number of aromatic nitrogens is 1. The molecule has 0 radical (unpaired) electrons. The zero-order valence-electron chi connectivity index (χ0n) is 14.2. The van der Waals surface area contributed by atoms with Gasteiger partial charge in [0.25, 0.3) is 0 Å². The molecule has 0 aliphatic rings. The molecule has 0 saturated carbocycles. The maximum atomic E-state index is 13.0. The van der Waals surface area contributed by atoms with Crippen LogP contribution in [0.3, 0.4) is 0 Å². The summed E-state index contributed by atoms with van der Waals surface area (Å²) in [5.41, 5.74) is 1.31. The Balaban J connectivity index is 1.47. The fourth-order valence-corrected chi connectivity index (χ4v) is 3.14. The van der Waals surface area contributed by atoms with Crippen LogP contribution in [0.1, 0.15) is 33.7 Å². The molecule has 0 N–H and O–H groups in total. The van der Waals surface area contributed by atoms with E-state index < -0.39 is 11.8 Å². The Bertz CT molecular complexity index is 937. The van der Waals surface area contributed by atoms with E-state index in [0.717, 1.165) is 0 Å². The summed E-state index contributed by atoms with van der Waals surface area (Å²) in [7, 11) is 0. The van der Waals surface area contributed by atoms with E-state index in [1.54, 1.807) is 17.5 Å². The first kappa shape index (κ1) is 18.8. The number of hydrogen-bond acceptors (Lipinski definition) is 5. The maximum Gasteiger partial charge on any atom is 0.357 e. The van der Waals surface area contributed by atoms with Crippen molar-refractivity contribution in [3.63, 3.8) is 0 Å². The second-order valence-corrected chi connectivity index (χ2v) is 6.57. The second-order valence-electron chi connectivity index (χ2n) is 5.71. The third-order valence-corrected chi connectivity index (χ3v) is 4.64. The van der Waals surface area contributed by atoms with Crippen LogP contribution in [0.4, 0.5) is 8.78 Å². The van der Waals surface area contributed by atoms with Gasteiger partial charge in [-0.2, -0.15) is 0 Å². The minimum Gasteiger partial charge on any atom is -0.461 e. The van der Waals surface area contributed by atoms with Crippen molar-refractivity contribution in [1.82, 2.24) is 4.98 Å².